The lowest BCUT2D eigenvalue weighted by molar-refractivity contribution is 0.0106. The van der Waals surface area contributed by atoms with Crippen LogP contribution in [0.4, 0.5) is 14.5 Å². The molecule has 0 aliphatic heterocycles. The van der Waals surface area contributed by atoms with E-state index in [2.05, 4.69) is 5.32 Å². The second-order valence-electron chi connectivity index (χ2n) is 4.37. The molecule has 0 aliphatic rings. The highest BCUT2D eigenvalue weighted by Crippen LogP contribution is 2.28. The fourth-order valence-electron chi connectivity index (χ4n) is 1.75. The molecular weight excluding hydrogens is 262 g/mol. The number of carbonyl (C=O) groups excluding carboxylic acids is 1. The minimum atomic E-state index is -2.97. The van der Waals surface area contributed by atoms with E-state index in [0.29, 0.717) is 11.3 Å². The van der Waals surface area contributed by atoms with Crippen LogP contribution in [0, 0.1) is 0 Å². The Hall–Kier alpha value is -2.43. The number of nitrogens with one attached hydrogen (secondary N) is 1. The maximum atomic E-state index is 13.9. The number of carbonyl (C=O) groups is 1. The van der Waals surface area contributed by atoms with Gasteiger partial charge in [0.05, 0.1) is 6.54 Å². The van der Waals surface area contributed by atoms with E-state index in [1.165, 1.54) is 24.3 Å². The van der Waals surface area contributed by atoms with Crippen molar-refractivity contribution < 1.29 is 13.6 Å². The van der Waals surface area contributed by atoms with Crippen molar-refractivity contribution >= 4 is 11.6 Å². The number of nitrogens with two attached hydrogens (primary N) is 1. The standard InChI is InChI=1S/C15H14F2N2O/c16-15(17,12-4-2-1-3-5-12)10-19-13-8-6-11(7-9-13)14(18)20/h1-9,19H,10H2,(H2,18,20). The predicted octanol–water partition coefficient (Wildman–Crippen LogP) is 2.99. The Morgan fingerprint density at radius 2 is 1.65 bits per heavy atom. The molecule has 3 nitrogen and oxygen atoms in total. The third-order valence-corrected chi connectivity index (χ3v) is 2.88. The molecule has 0 spiro atoms. The van der Waals surface area contributed by atoms with Gasteiger partial charge in [0.15, 0.2) is 0 Å². The van der Waals surface area contributed by atoms with Crippen molar-refractivity contribution in [2.75, 3.05) is 11.9 Å². The van der Waals surface area contributed by atoms with Crippen LogP contribution in [-0.2, 0) is 5.92 Å². The Labute approximate surface area is 115 Å². The number of anilines is 1. The van der Waals surface area contributed by atoms with E-state index in [9.17, 15) is 13.6 Å². The van der Waals surface area contributed by atoms with E-state index >= 15 is 0 Å². The number of rotatable bonds is 5. The Morgan fingerprint density at radius 3 is 2.20 bits per heavy atom. The van der Waals surface area contributed by atoms with Gasteiger partial charge in [-0.15, -0.1) is 0 Å². The van der Waals surface area contributed by atoms with E-state index < -0.39 is 18.4 Å². The van der Waals surface area contributed by atoms with Crippen molar-refractivity contribution in [3.63, 3.8) is 0 Å². The number of alkyl halides is 2. The van der Waals surface area contributed by atoms with Crippen LogP contribution in [-0.4, -0.2) is 12.5 Å². The van der Waals surface area contributed by atoms with Crippen molar-refractivity contribution in [1.82, 2.24) is 0 Å². The van der Waals surface area contributed by atoms with E-state index in [-0.39, 0.29) is 5.56 Å². The van der Waals surface area contributed by atoms with Crippen molar-refractivity contribution in [1.29, 1.82) is 0 Å². The van der Waals surface area contributed by atoms with Gasteiger partial charge >= 0.3 is 0 Å². The zero-order valence-corrected chi connectivity index (χ0v) is 10.6. The molecule has 104 valence electrons. The highest BCUT2D eigenvalue weighted by Gasteiger charge is 2.30. The molecule has 0 saturated carbocycles. The van der Waals surface area contributed by atoms with Crippen LogP contribution in [0.25, 0.3) is 0 Å². The summed E-state index contributed by atoms with van der Waals surface area (Å²) in [6.07, 6.45) is 0. The Bertz CT molecular complexity index is 583. The van der Waals surface area contributed by atoms with Crippen molar-refractivity contribution in [3.05, 3.63) is 65.7 Å². The molecule has 2 aromatic rings. The normalized spacial score (nSPS) is 11.1. The molecule has 1 amide bonds. The predicted molar refractivity (Wildman–Crippen MR) is 73.8 cm³/mol. The molecule has 0 radical (unpaired) electrons. The third-order valence-electron chi connectivity index (χ3n) is 2.88. The molecule has 5 heteroatoms. The lowest BCUT2D eigenvalue weighted by Crippen LogP contribution is -2.24. The van der Waals surface area contributed by atoms with Gasteiger partial charge in [0.25, 0.3) is 5.92 Å². The summed E-state index contributed by atoms with van der Waals surface area (Å²) in [5, 5.41) is 2.65. The molecule has 2 aromatic carbocycles. The summed E-state index contributed by atoms with van der Waals surface area (Å²) >= 11 is 0. The summed E-state index contributed by atoms with van der Waals surface area (Å²) in [6.45, 7) is -0.521. The molecule has 0 aliphatic carbocycles. The monoisotopic (exact) mass is 276 g/mol. The van der Waals surface area contributed by atoms with E-state index in [1.807, 2.05) is 0 Å². The first kappa shape index (κ1) is 14.0. The van der Waals surface area contributed by atoms with Gasteiger partial charge in [-0.2, -0.15) is 8.78 Å². The number of hydrogen-bond acceptors (Lipinski definition) is 2. The molecular formula is C15H14F2N2O. The quantitative estimate of drug-likeness (QED) is 0.882. The number of amides is 1. The molecule has 0 aromatic heterocycles. The lowest BCUT2D eigenvalue weighted by atomic mass is 10.1. The summed E-state index contributed by atoms with van der Waals surface area (Å²) < 4.78 is 27.8. The molecule has 0 heterocycles. The third kappa shape index (κ3) is 3.32. The maximum Gasteiger partial charge on any atom is 0.290 e. The van der Waals surface area contributed by atoms with Crippen molar-refractivity contribution in [2.45, 2.75) is 5.92 Å². The molecule has 3 N–H and O–H groups in total. The summed E-state index contributed by atoms with van der Waals surface area (Å²) in [6, 6.07) is 13.7. The first-order valence-corrected chi connectivity index (χ1v) is 6.06. The van der Waals surface area contributed by atoms with E-state index in [0.717, 1.165) is 0 Å². The maximum absolute atomic E-state index is 13.9. The summed E-state index contributed by atoms with van der Waals surface area (Å²) in [7, 11) is 0. The van der Waals surface area contributed by atoms with Gasteiger partial charge in [-0.1, -0.05) is 30.3 Å². The Kier molecular flexibility index (Phi) is 3.98. The van der Waals surface area contributed by atoms with E-state index in [4.69, 9.17) is 5.73 Å². The van der Waals surface area contributed by atoms with Gasteiger partial charge in [-0.05, 0) is 24.3 Å². The average Bonchev–Trinajstić information content (AvgIpc) is 2.46. The van der Waals surface area contributed by atoms with Crippen LogP contribution in [0.2, 0.25) is 0 Å². The van der Waals surface area contributed by atoms with Gasteiger partial charge in [-0.25, -0.2) is 0 Å². The van der Waals surface area contributed by atoms with Crippen LogP contribution in [0.5, 0.6) is 0 Å². The van der Waals surface area contributed by atoms with Gasteiger partial charge in [-0.3, -0.25) is 4.79 Å². The number of benzene rings is 2. The minimum absolute atomic E-state index is 0.0405. The van der Waals surface area contributed by atoms with Crippen molar-refractivity contribution in [3.8, 4) is 0 Å². The zero-order chi connectivity index (χ0) is 14.6. The van der Waals surface area contributed by atoms with Crippen LogP contribution in [0.15, 0.2) is 54.6 Å². The number of hydrogen-bond donors (Lipinski definition) is 2. The summed E-state index contributed by atoms with van der Waals surface area (Å²) in [5.41, 5.74) is 5.91. The number of primary amides is 1. The fraction of sp³-hybridized carbons (Fsp3) is 0.133. The molecule has 0 bridgehead atoms. The molecule has 2 rings (SSSR count). The topological polar surface area (TPSA) is 55.1 Å². The highest BCUT2D eigenvalue weighted by molar-refractivity contribution is 5.93. The molecule has 0 atom stereocenters. The highest BCUT2D eigenvalue weighted by atomic mass is 19.3. The Morgan fingerprint density at radius 1 is 1.05 bits per heavy atom. The smallest absolute Gasteiger partial charge is 0.290 e. The zero-order valence-electron chi connectivity index (χ0n) is 10.6. The summed E-state index contributed by atoms with van der Waals surface area (Å²) in [4.78, 5) is 10.9. The van der Waals surface area contributed by atoms with E-state index in [1.54, 1.807) is 30.3 Å². The van der Waals surface area contributed by atoms with Crippen LogP contribution >= 0.6 is 0 Å². The molecule has 20 heavy (non-hydrogen) atoms. The van der Waals surface area contributed by atoms with Crippen LogP contribution < -0.4 is 11.1 Å². The average molecular weight is 276 g/mol. The van der Waals surface area contributed by atoms with Gasteiger partial charge in [0.1, 0.15) is 0 Å². The van der Waals surface area contributed by atoms with Gasteiger partial charge in [0.2, 0.25) is 5.91 Å². The molecule has 0 fully saturated rings. The van der Waals surface area contributed by atoms with Gasteiger partial charge < -0.3 is 11.1 Å². The molecule has 0 saturated heterocycles. The number of halogens is 2. The first-order chi connectivity index (χ1) is 9.49. The Balaban J connectivity index is 2.03. The van der Waals surface area contributed by atoms with Crippen LogP contribution in [0.3, 0.4) is 0 Å². The summed E-state index contributed by atoms with van der Waals surface area (Å²) in [5.74, 6) is -3.52. The molecule has 0 unspecified atom stereocenters. The lowest BCUT2D eigenvalue weighted by Gasteiger charge is -2.18. The second kappa shape index (κ2) is 5.69. The SMILES string of the molecule is NC(=O)c1ccc(NCC(F)(F)c2ccccc2)cc1. The minimum Gasteiger partial charge on any atom is -0.379 e. The second-order valence-corrected chi connectivity index (χ2v) is 4.37. The largest absolute Gasteiger partial charge is 0.379 e. The van der Waals surface area contributed by atoms with Crippen molar-refractivity contribution in [2.24, 2.45) is 5.73 Å². The van der Waals surface area contributed by atoms with Crippen LogP contribution in [0.1, 0.15) is 15.9 Å². The van der Waals surface area contributed by atoms with Gasteiger partial charge in [0, 0.05) is 16.8 Å². The first-order valence-electron chi connectivity index (χ1n) is 6.06. The fourth-order valence-corrected chi connectivity index (χ4v) is 1.75.